The van der Waals surface area contributed by atoms with E-state index in [0.717, 1.165) is 42.1 Å². The molecule has 4 nitrogen and oxygen atoms in total. The first kappa shape index (κ1) is 18.3. The second kappa shape index (κ2) is 10.9. The summed E-state index contributed by atoms with van der Waals surface area (Å²) < 4.78 is 17.9. The van der Waals surface area contributed by atoms with Gasteiger partial charge in [0.2, 0.25) is 0 Å². The Balaban J connectivity index is 2.58. The molecule has 0 atom stereocenters. The van der Waals surface area contributed by atoms with Crippen LogP contribution in [0.5, 0.6) is 11.5 Å². The highest BCUT2D eigenvalue weighted by atomic mass is 79.9. The van der Waals surface area contributed by atoms with E-state index < -0.39 is 0 Å². The second-order valence-corrected chi connectivity index (χ2v) is 5.33. The van der Waals surface area contributed by atoms with E-state index in [4.69, 9.17) is 14.2 Å². The number of likely N-dealkylation sites (N-methyl/N-ethyl adjacent to an activating group) is 1. The fourth-order valence-corrected chi connectivity index (χ4v) is 2.43. The summed E-state index contributed by atoms with van der Waals surface area (Å²) >= 11 is 3.59. The Labute approximate surface area is 136 Å². The van der Waals surface area contributed by atoms with Crippen LogP contribution in [-0.4, -0.2) is 39.5 Å². The Bertz CT molecular complexity index is 413. The molecule has 0 saturated carbocycles. The van der Waals surface area contributed by atoms with Crippen LogP contribution in [0.2, 0.25) is 0 Å². The summed E-state index contributed by atoms with van der Waals surface area (Å²) in [5.74, 6) is 1.58. The second-order valence-electron chi connectivity index (χ2n) is 4.47. The van der Waals surface area contributed by atoms with E-state index in [9.17, 15) is 0 Å². The average Bonchev–Trinajstić information content (AvgIpc) is 2.47. The Hall–Kier alpha value is -0.780. The topological polar surface area (TPSA) is 39.7 Å². The zero-order valence-electron chi connectivity index (χ0n) is 13.2. The molecule has 1 N–H and O–H groups in total. The van der Waals surface area contributed by atoms with Crippen molar-refractivity contribution in [3.05, 3.63) is 22.2 Å². The molecule has 1 aromatic rings. The van der Waals surface area contributed by atoms with Crippen LogP contribution in [0.4, 0.5) is 0 Å². The molecule has 0 radical (unpaired) electrons. The minimum Gasteiger partial charge on any atom is -0.490 e. The van der Waals surface area contributed by atoms with Crippen molar-refractivity contribution in [2.75, 3.05) is 39.5 Å². The monoisotopic (exact) mass is 359 g/mol. The third kappa shape index (κ3) is 6.68. The van der Waals surface area contributed by atoms with Crippen molar-refractivity contribution in [3.8, 4) is 11.5 Å². The van der Waals surface area contributed by atoms with Gasteiger partial charge in [-0.2, -0.15) is 0 Å². The molecule has 0 bridgehead atoms. The van der Waals surface area contributed by atoms with Gasteiger partial charge in [0.05, 0.1) is 26.4 Å². The van der Waals surface area contributed by atoms with Gasteiger partial charge < -0.3 is 19.5 Å². The summed E-state index contributed by atoms with van der Waals surface area (Å²) in [6.07, 6.45) is 0.846. The van der Waals surface area contributed by atoms with E-state index in [0.29, 0.717) is 19.8 Å². The van der Waals surface area contributed by atoms with Crippen LogP contribution in [0, 0.1) is 0 Å². The molecule has 0 fully saturated rings. The molecular formula is C16H26BrNO3. The largest absolute Gasteiger partial charge is 0.490 e. The van der Waals surface area contributed by atoms with E-state index in [2.05, 4.69) is 28.2 Å². The molecule has 0 aromatic heterocycles. The zero-order chi connectivity index (χ0) is 15.5. The lowest BCUT2D eigenvalue weighted by Crippen LogP contribution is -2.19. The Morgan fingerprint density at radius 2 is 1.67 bits per heavy atom. The Morgan fingerprint density at radius 3 is 2.29 bits per heavy atom. The highest BCUT2D eigenvalue weighted by Gasteiger charge is 2.10. The molecule has 0 aliphatic rings. The van der Waals surface area contributed by atoms with Crippen molar-refractivity contribution >= 4 is 15.9 Å². The molecule has 0 unspecified atom stereocenters. The maximum Gasteiger partial charge on any atom is 0.162 e. The normalized spacial score (nSPS) is 10.7. The van der Waals surface area contributed by atoms with Crippen molar-refractivity contribution < 1.29 is 14.2 Å². The fourth-order valence-electron chi connectivity index (χ4n) is 1.91. The van der Waals surface area contributed by atoms with Crippen LogP contribution in [-0.2, 0) is 11.2 Å². The first-order valence-electron chi connectivity index (χ1n) is 7.59. The Morgan fingerprint density at radius 1 is 1.00 bits per heavy atom. The van der Waals surface area contributed by atoms with Gasteiger partial charge in [0.25, 0.3) is 0 Å². The molecule has 1 rings (SSSR count). The van der Waals surface area contributed by atoms with Gasteiger partial charge in [0.1, 0.15) is 0 Å². The number of hydrogen-bond acceptors (Lipinski definition) is 4. The van der Waals surface area contributed by atoms with Gasteiger partial charge in [-0.15, -0.1) is 0 Å². The molecule has 0 aliphatic heterocycles. The van der Waals surface area contributed by atoms with Gasteiger partial charge >= 0.3 is 0 Å². The average molecular weight is 360 g/mol. The molecular weight excluding hydrogens is 334 g/mol. The SMILES string of the molecule is CCNCCOCCc1cc(OCC)c(OCC)cc1Br. The zero-order valence-corrected chi connectivity index (χ0v) is 14.8. The minimum atomic E-state index is 0.624. The third-order valence-corrected chi connectivity index (χ3v) is 3.64. The van der Waals surface area contributed by atoms with E-state index in [1.165, 1.54) is 5.56 Å². The lowest BCUT2D eigenvalue weighted by atomic mass is 10.1. The number of rotatable bonds is 11. The first-order valence-corrected chi connectivity index (χ1v) is 8.38. The fraction of sp³-hybridized carbons (Fsp3) is 0.625. The van der Waals surface area contributed by atoms with Crippen molar-refractivity contribution in [1.29, 1.82) is 0 Å². The van der Waals surface area contributed by atoms with Gasteiger partial charge in [0, 0.05) is 11.0 Å². The maximum absolute atomic E-state index is 5.65. The molecule has 21 heavy (non-hydrogen) atoms. The highest BCUT2D eigenvalue weighted by Crippen LogP contribution is 2.34. The van der Waals surface area contributed by atoms with Gasteiger partial charge in [-0.1, -0.05) is 22.9 Å². The lowest BCUT2D eigenvalue weighted by molar-refractivity contribution is 0.139. The molecule has 0 spiro atoms. The number of benzene rings is 1. The molecule has 0 saturated heterocycles. The van der Waals surface area contributed by atoms with E-state index in [1.807, 2.05) is 26.0 Å². The number of nitrogens with one attached hydrogen (secondary N) is 1. The van der Waals surface area contributed by atoms with Crippen molar-refractivity contribution in [2.45, 2.75) is 27.2 Å². The first-order chi connectivity index (χ1) is 10.2. The van der Waals surface area contributed by atoms with Crippen molar-refractivity contribution in [3.63, 3.8) is 0 Å². The standard InChI is InChI=1S/C16H26BrNO3/c1-4-18-8-10-19-9-7-13-11-15(20-5-2)16(21-6-3)12-14(13)17/h11-12,18H,4-10H2,1-3H3. The van der Waals surface area contributed by atoms with E-state index in [-0.39, 0.29) is 0 Å². The Kier molecular flexibility index (Phi) is 9.46. The van der Waals surface area contributed by atoms with Gasteiger partial charge in [-0.3, -0.25) is 0 Å². The molecule has 0 aliphatic carbocycles. The number of ether oxygens (including phenoxy) is 3. The number of halogens is 1. The van der Waals surface area contributed by atoms with Crippen molar-refractivity contribution in [1.82, 2.24) is 5.32 Å². The van der Waals surface area contributed by atoms with Crippen LogP contribution < -0.4 is 14.8 Å². The predicted octanol–water partition coefficient (Wildman–Crippen LogP) is 3.42. The van der Waals surface area contributed by atoms with Crippen molar-refractivity contribution in [2.24, 2.45) is 0 Å². The molecule has 0 heterocycles. The summed E-state index contributed by atoms with van der Waals surface area (Å²) in [6.45, 7) is 10.6. The summed E-state index contributed by atoms with van der Waals surface area (Å²) in [4.78, 5) is 0. The highest BCUT2D eigenvalue weighted by molar-refractivity contribution is 9.10. The smallest absolute Gasteiger partial charge is 0.162 e. The summed E-state index contributed by atoms with van der Waals surface area (Å²) in [5.41, 5.74) is 1.17. The summed E-state index contributed by atoms with van der Waals surface area (Å²) in [6, 6.07) is 4.01. The third-order valence-electron chi connectivity index (χ3n) is 2.90. The lowest BCUT2D eigenvalue weighted by Gasteiger charge is -2.14. The van der Waals surface area contributed by atoms with Gasteiger partial charge in [-0.25, -0.2) is 0 Å². The predicted molar refractivity (Wildman–Crippen MR) is 89.5 cm³/mol. The molecule has 1 aromatic carbocycles. The van der Waals surface area contributed by atoms with Crippen LogP contribution in [0.3, 0.4) is 0 Å². The molecule has 0 amide bonds. The van der Waals surface area contributed by atoms with Crippen LogP contribution >= 0.6 is 15.9 Å². The maximum atomic E-state index is 5.65. The quantitative estimate of drug-likeness (QED) is 0.614. The molecule has 120 valence electrons. The van der Waals surface area contributed by atoms with Gasteiger partial charge in [-0.05, 0) is 44.5 Å². The molecule has 5 heteroatoms. The van der Waals surface area contributed by atoms with Crippen LogP contribution in [0.25, 0.3) is 0 Å². The van der Waals surface area contributed by atoms with Crippen LogP contribution in [0.1, 0.15) is 26.3 Å². The number of hydrogen-bond donors (Lipinski definition) is 1. The van der Waals surface area contributed by atoms with E-state index in [1.54, 1.807) is 0 Å². The summed E-state index contributed by atoms with van der Waals surface area (Å²) in [7, 11) is 0. The summed E-state index contributed by atoms with van der Waals surface area (Å²) in [5, 5.41) is 3.23. The van der Waals surface area contributed by atoms with Gasteiger partial charge in [0.15, 0.2) is 11.5 Å². The van der Waals surface area contributed by atoms with Crippen LogP contribution in [0.15, 0.2) is 16.6 Å². The van der Waals surface area contributed by atoms with E-state index >= 15 is 0 Å². The minimum absolute atomic E-state index is 0.624.